The van der Waals surface area contributed by atoms with Crippen LogP contribution in [0, 0.1) is 13.8 Å². The van der Waals surface area contributed by atoms with Gasteiger partial charge in [0.25, 0.3) is 0 Å². The zero-order valence-corrected chi connectivity index (χ0v) is 12.4. The smallest absolute Gasteiger partial charge is 0.402 e. The first-order valence-corrected chi connectivity index (χ1v) is 6.53. The number of aryl methyl sites for hydroxylation is 2. The van der Waals surface area contributed by atoms with Crippen LogP contribution < -0.4 is 5.46 Å². The van der Waals surface area contributed by atoms with Crippen LogP contribution in [0.3, 0.4) is 0 Å². The summed E-state index contributed by atoms with van der Waals surface area (Å²) in [6.45, 7) is 13.9. The molecule has 1 aliphatic heterocycles. The van der Waals surface area contributed by atoms with Gasteiger partial charge in [-0.15, -0.1) is 0 Å². The summed E-state index contributed by atoms with van der Waals surface area (Å²) in [6, 6.07) is 0. The van der Waals surface area contributed by atoms with Gasteiger partial charge in [-0.1, -0.05) is 13.8 Å². The molecule has 4 nitrogen and oxygen atoms in total. The Balaban J connectivity index is 0.000000771. The van der Waals surface area contributed by atoms with Crippen LogP contribution in [0.2, 0.25) is 0 Å². The summed E-state index contributed by atoms with van der Waals surface area (Å²) in [5.74, 6) is 0.770. The number of aromatic nitrogens is 2. The summed E-state index contributed by atoms with van der Waals surface area (Å²) in [6.07, 6.45) is 1.86. The lowest BCUT2D eigenvalue weighted by molar-refractivity contribution is 0.0842. The van der Waals surface area contributed by atoms with Crippen LogP contribution in [0.15, 0.2) is 6.20 Å². The van der Waals surface area contributed by atoms with Crippen molar-refractivity contribution >= 4 is 12.6 Å². The third kappa shape index (κ3) is 3.09. The Morgan fingerprint density at radius 3 is 2.33 bits per heavy atom. The van der Waals surface area contributed by atoms with Gasteiger partial charge in [0.2, 0.25) is 0 Å². The highest BCUT2D eigenvalue weighted by Gasteiger charge is 2.44. The Kier molecular flexibility index (Phi) is 4.88. The average molecular weight is 250 g/mol. The molecule has 1 saturated heterocycles. The van der Waals surface area contributed by atoms with E-state index in [1.807, 2.05) is 48.5 Å². The molecule has 1 aromatic rings. The van der Waals surface area contributed by atoms with Gasteiger partial charge in [-0.2, -0.15) is 0 Å². The van der Waals surface area contributed by atoms with Crippen LogP contribution in [-0.4, -0.2) is 28.8 Å². The molecule has 1 fully saturated rings. The monoisotopic (exact) mass is 250 g/mol. The number of rotatable bonds is 1. The predicted octanol–water partition coefficient (Wildman–Crippen LogP) is 2.03. The maximum absolute atomic E-state index is 5.87. The highest BCUT2D eigenvalue weighted by Crippen LogP contribution is 2.26. The molecule has 1 atom stereocenters. The van der Waals surface area contributed by atoms with E-state index < -0.39 is 0 Å². The second-order valence-electron chi connectivity index (χ2n) is 4.79. The highest BCUT2D eigenvalue weighted by molar-refractivity contribution is 6.62. The SMILES string of the molecule is CC.Cc1ncc(B2OC(C)C(C)(C)O2)c(C)n1. The largest absolute Gasteiger partial charge is 0.498 e. The van der Waals surface area contributed by atoms with E-state index >= 15 is 0 Å². The molecule has 0 spiro atoms. The summed E-state index contributed by atoms with van der Waals surface area (Å²) in [7, 11) is -0.342. The minimum Gasteiger partial charge on any atom is -0.402 e. The fraction of sp³-hybridized carbons (Fsp3) is 0.692. The van der Waals surface area contributed by atoms with Gasteiger partial charge in [0.1, 0.15) is 5.82 Å². The summed E-state index contributed by atoms with van der Waals surface area (Å²) >= 11 is 0. The zero-order valence-electron chi connectivity index (χ0n) is 12.4. The molecule has 0 N–H and O–H groups in total. The van der Waals surface area contributed by atoms with E-state index in [2.05, 4.69) is 9.97 Å². The van der Waals surface area contributed by atoms with Gasteiger partial charge in [-0.3, -0.25) is 0 Å². The number of hydrogen-bond acceptors (Lipinski definition) is 4. The van der Waals surface area contributed by atoms with Crippen LogP contribution in [0.25, 0.3) is 0 Å². The third-order valence-electron chi connectivity index (χ3n) is 3.11. The molecule has 1 aliphatic rings. The zero-order chi connectivity index (χ0) is 13.9. The van der Waals surface area contributed by atoms with Crippen molar-refractivity contribution in [2.24, 2.45) is 0 Å². The first-order chi connectivity index (χ1) is 8.40. The quantitative estimate of drug-likeness (QED) is 0.715. The lowest BCUT2D eigenvalue weighted by Crippen LogP contribution is -2.37. The molecule has 2 heterocycles. The second kappa shape index (κ2) is 5.80. The average Bonchev–Trinajstić information content (AvgIpc) is 2.56. The Bertz CT molecular complexity index is 410. The van der Waals surface area contributed by atoms with Crippen molar-refractivity contribution in [3.05, 3.63) is 17.7 Å². The van der Waals surface area contributed by atoms with E-state index in [9.17, 15) is 0 Å². The Labute approximate surface area is 110 Å². The Morgan fingerprint density at radius 1 is 1.28 bits per heavy atom. The molecule has 0 bridgehead atoms. The number of nitrogens with zero attached hydrogens (tertiary/aromatic N) is 2. The molecule has 0 saturated carbocycles. The van der Waals surface area contributed by atoms with Crippen molar-refractivity contribution in [3.8, 4) is 0 Å². The molecule has 0 aromatic carbocycles. The van der Waals surface area contributed by atoms with Gasteiger partial charge >= 0.3 is 7.12 Å². The number of hydrogen-bond donors (Lipinski definition) is 0. The first kappa shape index (κ1) is 15.1. The van der Waals surface area contributed by atoms with Gasteiger partial charge in [0.05, 0.1) is 11.7 Å². The van der Waals surface area contributed by atoms with E-state index in [1.54, 1.807) is 6.20 Å². The van der Waals surface area contributed by atoms with Crippen LogP contribution in [-0.2, 0) is 9.31 Å². The maximum Gasteiger partial charge on any atom is 0.498 e. The highest BCUT2D eigenvalue weighted by atomic mass is 16.7. The van der Waals surface area contributed by atoms with Crippen LogP contribution in [0.1, 0.15) is 46.1 Å². The third-order valence-corrected chi connectivity index (χ3v) is 3.11. The molecule has 0 radical (unpaired) electrons. The van der Waals surface area contributed by atoms with Crippen LogP contribution in [0.4, 0.5) is 0 Å². The maximum atomic E-state index is 5.87. The van der Waals surface area contributed by atoms with Gasteiger partial charge in [-0.25, -0.2) is 9.97 Å². The molecule has 0 aliphatic carbocycles. The lowest BCUT2D eigenvalue weighted by atomic mass is 9.79. The van der Waals surface area contributed by atoms with Crippen molar-refractivity contribution in [2.75, 3.05) is 0 Å². The minimum atomic E-state index is -0.342. The Morgan fingerprint density at radius 2 is 1.89 bits per heavy atom. The fourth-order valence-corrected chi connectivity index (χ4v) is 1.71. The van der Waals surface area contributed by atoms with Crippen molar-refractivity contribution in [1.29, 1.82) is 0 Å². The van der Waals surface area contributed by atoms with E-state index in [4.69, 9.17) is 9.31 Å². The molecule has 1 unspecified atom stereocenters. The van der Waals surface area contributed by atoms with Gasteiger partial charge in [0, 0.05) is 17.4 Å². The second-order valence-corrected chi connectivity index (χ2v) is 4.79. The summed E-state index contributed by atoms with van der Waals surface area (Å²) in [5.41, 5.74) is 1.58. The summed E-state index contributed by atoms with van der Waals surface area (Å²) < 4.78 is 11.6. The van der Waals surface area contributed by atoms with E-state index in [-0.39, 0.29) is 18.8 Å². The van der Waals surface area contributed by atoms with E-state index in [1.165, 1.54) is 0 Å². The fourth-order valence-electron chi connectivity index (χ4n) is 1.71. The van der Waals surface area contributed by atoms with Crippen molar-refractivity contribution in [3.63, 3.8) is 0 Å². The van der Waals surface area contributed by atoms with Crippen molar-refractivity contribution in [1.82, 2.24) is 9.97 Å². The Hall–Kier alpha value is -0.935. The molecule has 5 heteroatoms. The molecule has 18 heavy (non-hydrogen) atoms. The van der Waals surface area contributed by atoms with E-state index in [0.29, 0.717) is 0 Å². The summed E-state index contributed by atoms with van der Waals surface area (Å²) in [4.78, 5) is 8.51. The van der Waals surface area contributed by atoms with Crippen molar-refractivity contribution in [2.45, 2.75) is 60.2 Å². The van der Waals surface area contributed by atoms with Gasteiger partial charge in [0.15, 0.2) is 0 Å². The molecule has 1 aromatic heterocycles. The normalized spacial score (nSPS) is 21.5. The van der Waals surface area contributed by atoms with E-state index in [0.717, 1.165) is 17.0 Å². The van der Waals surface area contributed by atoms with Gasteiger partial charge in [-0.05, 0) is 34.6 Å². The standard InChI is InChI=1S/C11H17BN2O2.C2H6/c1-7-10(6-13-9(3)14-7)12-15-8(2)11(4,5)16-12;1-2/h6,8H,1-5H3;1-2H3. The topological polar surface area (TPSA) is 44.2 Å². The molecule has 100 valence electrons. The van der Waals surface area contributed by atoms with Gasteiger partial charge < -0.3 is 9.31 Å². The van der Waals surface area contributed by atoms with Crippen LogP contribution >= 0.6 is 0 Å². The predicted molar refractivity (Wildman–Crippen MR) is 74.0 cm³/mol. The molecule has 2 rings (SSSR count). The molecule has 0 amide bonds. The molecular weight excluding hydrogens is 227 g/mol. The lowest BCUT2D eigenvalue weighted by Gasteiger charge is -2.21. The van der Waals surface area contributed by atoms with Crippen LogP contribution in [0.5, 0.6) is 0 Å². The minimum absolute atomic E-state index is 0.0678. The van der Waals surface area contributed by atoms with Crippen molar-refractivity contribution < 1.29 is 9.31 Å². The molecular formula is C13H23BN2O2. The first-order valence-electron chi connectivity index (χ1n) is 6.53. The summed E-state index contributed by atoms with van der Waals surface area (Å²) in [5, 5.41) is 0.